The Morgan fingerprint density at radius 2 is 1.95 bits per heavy atom. The van der Waals surface area contributed by atoms with Crippen molar-refractivity contribution in [2.45, 2.75) is 19.4 Å². The summed E-state index contributed by atoms with van der Waals surface area (Å²) in [6.45, 7) is 5.59. The van der Waals surface area contributed by atoms with E-state index >= 15 is 0 Å². The van der Waals surface area contributed by atoms with Crippen molar-refractivity contribution in [3.63, 3.8) is 0 Å². The second-order valence-electron chi connectivity index (χ2n) is 4.50. The summed E-state index contributed by atoms with van der Waals surface area (Å²) in [5, 5.41) is 13.6. The number of hydrogen-bond donors (Lipinski definition) is 2. The standard InChI is InChI=1S/C13H18ClFN2O.2ClH/c1-2-11(17-7-5-16-6-8-17)12-9(14)3-4-10(15)13(12)18;;/h3-4,11,16,18H,2,5-8H2,1H3;2*1H/t11-;;/m1../s1. The maximum absolute atomic E-state index is 13.5. The Morgan fingerprint density at radius 1 is 1.35 bits per heavy atom. The van der Waals surface area contributed by atoms with Crippen LogP contribution >= 0.6 is 36.4 Å². The van der Waals surface area contributed by atoms with Gasteiger partial charge in [-0.05, 0) is 18.6 Å². The van der Waals surface area contributed by atoms with E-state index in [0.29, 0.717) is 10.6 Å². The van der Waals surface area contributed by atoms with Crippen LogP contribution in [0.1, 0.15) is 24.9 Å². The minimum Gasteiger partial charge on any atom is -0.505 e. The number of benzene rings is 1. The van der Waals surface area contributed by atoms with E-state index in [4.69, 9.17) is 11.6 Å². The molecule has 1 aromatic carbocycles. The minimum absolute atomic E-state index is 0. The molecule has 1 atom stereocenters. The van der Waals surface area contributed by atoms with E-state index in [1.165, 1.54) is 12.1 Å². The molecule has 0 radical (unpaired) electrons. The van der Waals surface area contributed by atoms with E-state index in [2.05, 4.69) is 10.2 Å². The minimum atomic E-state index is -0.608. The number of halogens is 4. The molecule has 1 heterocycles. The highest BCUT2D eigenvalue weighted by Crippen LogP contribution is 2.38. The number of phenols is 1. The molecule has 0 amide bonds. The SMILES string of the molecule is CC[C@H](c1c(Cl)ccc(F)c1O)N1CCNCC1.Cl.Cl. The third-order valence-corrected chi connectivity index (χ3v) is 3.76. The van der Waals surface area contributed by atoms with Crippen LogP contribution in [0.15, 0.2) is 12.1 Å². The summed E-state index contributed by atoms with van der Waals surface area (Å²) in [5.74, 6) is -0.920. The molecule has 3 nitrogen and oxygen atoms in total. The molecule has 0 spiro atoms. The van der Waals surface area contributed by atoms with Gasteiger partial charge < -0.3 is 10.4 Å². The van der Waals surface area contributed by atoms with Crippen molar-refractivity contribution in [1.29, 1.82) is 0 Å². The number of nitrogens with zero attached hydrogens (tertiary/aromatic N) is 1. The van der Waals surface area contributed by atoms with Gasteiger partial charge in [-0.3, -0.25) is 4.90 Å². The van der Waals surface area contributed by atoms with Crippen molar-refractivity contribution < 1.29 is 9.50 Å². The van der Waals surface area contributed by atoms with Crippen molar-refractivity contribution in [2.24, 2.45) is 0 Å². The molecule has 2 rings (SSSR count). The van der Waals surface area contributed by atoms with Gasteiger partial charge in [-0.1, -0.05) is 18.5 Å². The van der Waals surface area contributed by atoms with E-state index in [9.17, 15) is 9.50 Å². The lowest BCUT2D eigenvalue weighted by Crippen LogP contribution is -2.45. The summed E-state index contributed by atoms with van der Waals surface area (Å²) in [7, 11) is 0. The van der Waals surface area contributed by atoms with E-state index in [1.807, 2.05) is 6.92 Å². The molecule has 0 bridgehead atoms. The molecule has 1 aliphatic rings. The number of nitrogens with one attached hydrogen (secondary N) is 1. The maximum atomic E-state index is 13.5. The molecule has 2 N–H and O–H groups in total. The molecule has 0 saturated carbocycles. The van der Waals surface area contributed by atoms with Crippen LogP contribution in [0.5, 0.6) is 5.75 Å². The Labute approximate surface area is 136 Å². The van der Waals surface area contributed by atoms with Crippen LogP contribution < -0.4 is 5.32 Å². The lowest BCUT2D eigenvalue weighted by atomic mass is 10.0. The third kappa shape index (κ3) is 4.12. The molecule has 1 aliphatic heterocycles. The second-order valence-corrected chi connectivity index (χ2v) is 4.91. The first-order chi connectivity index (χ1) is 8.65. The van der Waals surface area contributed by atoms with E-state index in [-0.39, 0.29) is 36.6 Å². The average molecular weight is 346 g/mol. The first-order valence-corrected chi connectivity index (χ1v) is 6.64. The van der Waals surface area contributed by atoms with Crippen LogP contribution in [0.4, 0.5) is 4.39 Å². The fourth-order valence-corrected chi connectivity index (χ4v) is 2.79. The summed E-state index contributed by atoms with van der Waals surface area (Å²) in [4.78, 5) is 2.23. The number of phenolic OH excluding ortho intramolecular Hbond substituents is 1. The smallest absolute Gasteiger partial charge is 0.165 e. The van der Waals surface area contributed by atoms with Crippen LogP contribution in [-0.4, -0.2) is 36.2 Å². The van der Waals surface area contributed by atoms with Gasteiger partial charge in [-0.25, -0.2) is 4.39 Å². The van der Waals surface area contributed by atoms with Gasteiger partial charge in [-0.2, -0.15) is 0 Å². The topological polar surface area (TPSA) is 35.5 Å². The average Bonchev–Trinajstić information content (AvgIpc) is 2.40. The summed E-state index contributed by atoms with van der Waals surface area (Å²) in [6.07, 6.45) is 0.788. The van der Waals surface area contributed by atoms with Crippen LogP contribution in [0, 0.1) is 5.82 Å². The van der Waals surface area contributed by atoms with Gasteiger partial charge in [0.25, 0.3) is 0 Å². The first-order valence-electron chi connectivity index (χ1n) is 6.26. The second kappa shape index (κ2) is 8.90. The van der Waals surface area contributed by atoms with E-state index in [0.717, 1.165) is 32.6 Å². The van der Waals surface area contributed by atoms with Gasteiger partial charge in [0.15, 0.2) is 11.6 Å². The predicted molar refractivity (Wildman–Crippen MR) is 85.0 cm³/mol. The Hall–Kier alpha value is -0.260. The van der Waals surface area contributed by atoms with Crippen molar-refractivity contribution in [1.82, 2.24) is 10.2 Å². The van der Waals surface area contributed by atoms with Gasteiger partial charge in [0.05, 0.1) is 0 Å². The summed E-state index contributed by atoms with van der Waals surface area (Å²) in [6, 6.07) is 2.68. The molecule has 0 aromatic heterocycles. The highest BCUT2D eigenvalue weighted by molar-refractivity contribution is 6.31. The highest BCUT2D eigenvalue weighted by Gasteiger charge is 2.26. The molecule has 1 saturated heterocycles. The summed E-state index contributed by atoms with van der Waals surface area (Å²) >= 11 is 6.13. The fraction of sp³-hybridized carbons (Fsp3) is 0.538. The number of hydrogen-bond acceptors (Lipinski definition) is 3. The molecular weight excluding hydrogens is 326 g/mol. The molecule has 20 heavy (non-hydrogen) atoms. The van der Waals surface area contributed by atoms with Gasteiger partial charge >= 0.3 is 0 Å². The predicted octanol–water partition coefficient (Wildman–Crippen LogP) is 3.38. The molecule has 116 valence electrons. The molecule has 1 aromatic rings. The third-order valence-electron chi connectivity index (χ3n) is 3.43. The van der Waals surface area contributed by atoms with Gasteiger partial charge in [0.1, 0.15) is 0 Å². The fourth-order valence-electron chi connectivity index (χ4n) is 2.51. The normalized spacial score (nSPS) is 16.9. The Morgan fingerprint density at radius 3 is 2.50 bits per heavy atom. The molecular formula is C13H20Cl3FN2O. The van der Waals surface area contributed by atoms with Gasteiger partial charge in [-0.15, -0.1) is 24.8 Å². The number of piperazine rings is 1. The Kier molecular flexibility index (Phi) is 8.79. The maximum Gasteiger partial charge on any atom is 0.165 e. The van der Waals surface area contributed by atoms with Crippen molar-refractivity contribution in [3.05, 3.63) is 28.5 Å². The number of aromatic hydroxyl groups is 1. The van der Waals surface area contributed by atoms with Gasteiger partial charge in [0, 0.05) is 42.8 Å². The summed E-state index contributed by atoms with van der Waals surface area (Å²) in [5.41, 5.74) is 0.515. The molecule has 7 heteroatoms. The Balaban J connectivity index is 0.00000180. The quantitative estimate of drug-likeness (QED) is 0.881. The van der Waals surface area contributed by atoms with Gasteiger partial charge in [0.2, 0.25) is 0 Å². The van der Waals surface area contributed by atoms with Crippen molar-refractivity contribution in [3.8, 4) is 5.75 Å². The monoisotopic (exact) mass is 344 g/mol. The largest absolute Gasteiger partial charge is 0.505 e. The zero-order chi connectivity index (χ0) is 13.1. The molecule has 0 unspecified atom stereocenters. The Bertz CT molecular complexity index is 428. The van der Waals surface area contributed by atoms with E-state index < -0.39 is 5.82 Å². The first kappa shape index (κ1) is 19.7. The van der Waals surface area contributed by atoms with Crippen LogP contribution in [0.2, 0.25) is 5.02 Å². The lowest BCUT2D eigenvalue weighted by molar-refractivity contribution is 0.166. The molecule has 0 aliphatic carbocycles. The zero-order valence-electron chi connectivity index (χ0n) is 11.2. The van der Waals surface area contributed by atoms with Crippen molar-refractivity contribution in [2.75, 3.05) is 26.2 Å². The number of rotatable bonds is 3. The van der Waals surface area contributed by atoms with Crippen LogP contribution in [-0.2, 0) is 0 Å². The molecule has 1 fully saturated rings. The highest BCUT2D eigenvalue weighted by atomic mass is 35.5. The van der Waals surface area contributed by atoms with Crippen LogP contribution in [0.3, 0.4) is 0 Å². The van der Waals surface area contributed by atoms with Crippen molar-refractivity contribution >= 4 is 36.4 Å². The summed E-state index contributed by atoms with van der Waals surface area (Å²) < 4.78 is 13.5. The lowest BCUT2D eigenvalue weighted by Gasteiger charge is -2.35. The van der Waals surface area contributed by atoms with Crippen LogP contribution in [0.25, 0.3) is 0 Å². The van der Waals surface area contributed by atoms with E-state index in [1.54, 1.807) is 0 Å². The zero-order valence-corrected chi connectivity index (χ0v) is 13.6.